The number of hydrogen-bond acceptors (Lipinski definition) is 2. The van der Waals surface area contributed by atoms with E-state index in [2.05, 4.69) is 0 Å². The van der Waals surface area contributed by atoms with Crippen LogP contribution >= 0.6 is 11.3 Å². The summed E-state index contributed by atoms with van der Waals surface area (Å²) in [5, 5.41) is 13.5. The Morgan fingerprint density at radius 2 is 1.80 bits per heavy atom. The van der Waals surface area contributed by atoms with Gasteiger partial charge in [0.1, 0.15) is 0 Å². The average molecular weight is 322 g/mol. The molecule has 0 fully saturated rings. The van der Waals surface area contributed by atoms with E-state index in [0.717, 1.165) is 10.5 Å². The van der Waals surface area contributed by atoms with E-state index in [1.807, 2.05) is 78.2 Å². The normalized spacial score (nSPS) is 12.1. The van der Waals surface area contributed by atoms with Crippen LogP contribution in [0.2, 0.25) is 0 Å². The fourth-order valence-electron chi connectivity index (χ4n) is 1.50. The van der Waals surface area contributed by atoms with Crippen LogP contribution in [0.5, 0.6) is 0 Å². The maximum absolute atomic E-state index is 11.5. The molecule has 0 N–H and O–H groups in total. The molecule has 0 aliphatic heterocycles. The largest absolute Gasteiger partial charge is 2.00 e. The van der Waals surface area contributed by atoms with Gasteiger partial charge < -0.3 is 5.11 Å². The third-order valence-corrected chi connectivity index (χ3v) is 3.28. The van der Waals surface area contributed by atoms with Crippen molar-refractivity contribution in [2.45, 2.75) is 0 Å². The first-order valence-corrected chi connectivity index (χ1v) is 6.88. The second kappa shape index (κ2) is 9.27. The van der Waals surface area contributed by atoms with E-state index < -0.39 is 0 Å². The van der Waals surface area contributed by atoms with E-state index in [4.69, 9.17) is 0 Å². The van der Waals surface area contributed by atoms with Crippen molar-refractivity contribution in [2.75, 3.05) is 0 Å². The van der Waals surface area contributed by atoms with Gasteiger partial charge in [-0.25, -0.2) is 12.1 Å². The summed E-state index contributed by atoms with van der Waals surface area (Å²) in [7, 11) is 0. The zero-order valence-corrected chi connectivity index (χ0v) is 12.7. The molecule has 1 aliphatic rings. The van der Waals surface area contributed by atoms with Crippen molar-refractivity contribution in [2.24, 2.45) is 0 Å². The van der Waals surface area contributed by atoms with Crippen LogP contribution in [0.25, 0.3) is 6.08 Å². The molecule has 102 valence electrons. The summed E-state index contributed by atoms with van der Waals surface area (Å²) in [5.74, 6) is 0.0587. The van der Waals surface area contributed by atoms with E-state index in [1.54, 1.807) is 17.4 Å². The topological polar surface area (TPSA) is 23.1 Å². The molecule has 1 nitrogen and oxygen atoms in total. The minimum absolute atomic E-state index is 0. The van der Waals surface area contributed by atoms with Crippen molar-refractivity contribution < 1.29 is 22.2 Å². The van der Waals surface area contributed by atoms with Gasteiger partial charge in [0, 0.05) is 4.88 Å². The smallest absolute Gasteiger partial charge is 0.872 e. The molecule has 1 aliphatic carbocycles. The van der Waals surface area contributed by atoms with Crippen LogP contribution in [-0.4, -0.2) is 0 Å². The molecule has 1 aromatic heterocycles. The van der Waals surface area contributed by atoms with Gasteiger partial charge in [-0.1, -0.05) is 36.4 Å². The van der Waals surface area contributed by atoms with E-state index in [0.29, 0.717) is 0 Å². The van der Waals surface area contributed by atoms with Gasteiger partial charge in [-0.2, -0.15) is 18.2 Å². The number of rotatable bonds is 2. The van der Waals surface area contributed by atoms with Crippen molar-refractivity contribution >= 4 is 17.4 Å². The van der Waals surface area contributed by atoms with E-state index in [1.165, 1.54) is 0 Å². The second-order valence-electron chi connectivity index (χ2n) is 3.85. The maximum atomic E-state index is 11.5. The Bertz CT molecular complexity index is 556. The number of hydrogen-bond donors (Lipinski definition) is 0. The van der Waals surface area contributed by atoms with E-state index >= 15 is 0 Å². The first-order chi connectivity index (χ1) is 9.36. The molecule has 1 aromatic carbocycles. The van der Waals surface area contributed by atoms with Gasteiger partial charge in [0.15, 0.2) is 0 Å². The zero-order chi connectivity index (χ0) is 13.3. The molecule has 0 saturated heterocycles. The Balaban J connectivity index is 0.000000283. The standard InChI is InChI=1S/C12H10OS.C5H5.Fe/c13-12(10-4-1-2-5-10)8-7-11-6-3-9-14-11;1-2-4-5-3-1;/h1-9,13H;1-5H;/q;-1;+2/p-1/b8-7+;;. The van der Waals surface area contributed by atoms with Gasteiger partial charge in [-0.15, -0.1) is 17.1 Å². The molecule has 0 saturated carbocycles. The van der Waals surface area contributed by atoms with Crippen LogP contribution in [0, 0.1) is 0 Å². The molecule has 0 bridgehead atoms. The van der Waals surface area contributed by atoms with Gasteiger partial charge in [-0.05, 0) is 23.1 Å². The third kappa shape index (κ3) is 5.54. The van der Waals surface area contributed by atoms with Crippen LogP contribution in [0.1, 0.15) is 4.88 Å². The fourth-order valence-corrected chi connectivity index (χ4v) is 2.12. The Kier molecular flexibility index (Phi) is 7.59. The van der Waals surface area contributed by atoms with Crippen molar-refractivity contribution in [3.8, 4) is 0 Å². The van der Waals surface area contributed by atoms with Crippen LogP contribution in [0.15, 0.2) is 89.6 Å². The summed E-state index contributed by atoms with van der Waals surface area (Å²) in [4.78, 5) is 1.10. The van der Waals surface area contributed by atoms with E-state index in [9.17, 15) is 5.11 Å². The van der Waals surface area contributed by atoms with Crippen LogP contribution in [-0.2, 0) is 17.1 Å². The summed E-state index contributed by atoms with van der Waals surface area (Å²) in [5.41, 5.74) is 0.748. The number of allylic oxidation sites excluding steroid dienone is 6. The summed E-state index contributed by atoms with van der Waals surface area (Å²) in [6, 6.07) is 14.0. The minimum Gasteiger partial charge on any atom is -0.872 e. The fraction of sp³-hybridized carbons (Fsp3) is 0. The van der Waals surface area contributed by atoms with Crippen molar-refractivity contribution in [1.82, 2.24) is 0 Å². The Hall–Kier alpha value is -1.67. The summed E-state index contributed by atoms with van der Waals surface area (Å²) < 4.78 is 0. The zero-order valence-electron chi connectivity index (χ0n) is 10.8. The Morgan fingerprint density at radius 1 is 1.10 bits per heavy atom. The molecule has 1 heterocycles. The first kappa shape index (κ1) is 16.4. The monoisotopic (exact) mass is 322 g/mol. The van der Waals surface area contributed by atoms with Gasteiger partial charge in [-0.3, -0.25) is 0 Å². The first-order valence-electron chi connectivity index (χ1n) is 6.00. The van der Waals surface area contributed by atoms with Crippen molar-refractivity contribution in [3.63, 3.8) is 0 Å². The van der Waals surface area contributed by atoms with Gasteiger partial charge in [0.25, 0.3) is 0 Å². The molecule has 3 heteroatoms. The minimum atomic E-state index is 0. The summed E-state index contributed by atoms with van der Waals surface area (Å²) in [6.45, 7) is 0. The molecular formula is C17H14FeOS. The summed E-state index contributed by atoms with van der Waals surface area (Å²) in [6.07, 6.45) is 10.8. The molecule has 20 heavy (non-hydrogen) atoms. The summed E-state index contributed by atoms with van der Waals surface area (Å²) >= 11 is 1.62. The van der Waals surface area contributed by atoms with Gasteiger partial charge >= 0.3 is 17.1 Å². The van der Waals surface area contributed by atoms with Crippen LogP contribution in [0.3, 0.4) is 0 Å². The quantitative estimate of drug-likeness (QED) is 0.467. The Morgan fingerprint density at radius 3 is 2.30 bits per heavy atom. The second-order valence-corrected chi connectivity index (χ2v) is 4.83. The Labute approximate surface area is 134 Å². The van der Waals surface area contributed by atoms with E-state index in [-0.39, 0.29) is 22.8 Å². The molecule has 0 amide bonds. The van der Waals surface area contributed by atoms with Crippen LogP contribution < -0.4 is 5.11 Å². The molecule has 0 radical (unpaired) electrons. The average Bonchev–Trinajstić information content (AvgIpc) is 3.21. The molecule has 3 rings (SSSR count). The van der Waals surface area contributed by atoms with Crippen LogP contribution in [0.4, 0.5) is 0 Å². The molecule has 2 aromatic rings. The third-order valence-electron chi connectivity index (χ3n) is 2.44. The van der Waals surface area contributed by atoms with Gasteiger partial charge in [0.05, 0.1) is 0 Å². The van der Waals surface area contributed by atoms with Crippen molar-refractivity contribution in [3.05, 3.63) is 94.4 Å². The predicted molar refractivity (Wildman–Crippen MR) is 80.7 cm³/mol. The van der Waals surface area contributed by atoms with Gasteiger partial charge in [0.2, 0.25) is 0 Å². The number of thiophene rings is 1. The molecule has 0 atom stereocenters. The molecule has 0 unspecified atom stereocenters. The SMILES string of the molecule is [Fe+2].[O-]C(/C=C/c1cccs1)=C1C=CC=C1.c1cc[cH-]c1. The molecular weight excluding hydrogens is 308 g/mol. The molecule has 0 spiro atoms. The maximum Gasteiger partial charge on any atom is 2.00 e. The van der Waals surface area contributed by atoms with Crippen molar-refractivity contribution in [1.29, 1.82) is 0 Å². The predicted octanol–water partition coefficient (Wildman–Crippen LogP) is 3.90.